The Morgan fingerprint density at radius 1 is 0.333 bits per heavy atom. The maximum absolute atomic E-state index is 13.6. The Hall–Kier alpha value is -6.52. The van der Waals surface area contributed by atoms with E-state index in [-0.39, 0.29) is 13.0 Å². The van der Waals surface area contributed by atoms with E-state index in [4.69, 9.17) is 0 Å². The van der Waals surface area contributed by atoms with Crippen molar-refractivity contribution in [1.29, 1.82) is 0 Å². The summed E-state index contributed by atoms with van der Waals surface area (Å²) in [6, 6.07) is 56.0. The summed E-state index contributed by atoms with van der Waals surface area (Å²) in [7, 11) is 0. The third-order valence-electron chi connectivity index (χ3n) is 9.28. The minimum absolute atomic E-state index is 0. The van der Waals surface area contributed by atoms with Crippen LogP contribution >= 0.6 is 0 Å². The highest BCUT2D eigenvalue weighted by atomic mass is 16.1. The zero-order valence-electron chi connectivity index (χ0n) is 25.9. The second kappa shape index (κ2) is 11.1. The highest BCUT2D eigenvalue weighted by Gasteiger charge is 2.21. The number of rotatable bonds is 6. The van der Waals surface area contributed by atoms with E-state index in [0.717, 1.165) is 55.0 Å². The number of para-hydroxylation sites is 2. The highest BCUT2D eigenvalue weighted by molar-refractivity contribution is 6.21. The number of benzene rings is 7. The van der Waals surface area contributed by atoms with Crippen LogP contribution in [-0.2, 0) is 0 Å². The second-order valence-corrected chi connectivity index (χ2v) is 12.1. The van der Waals surface area contributed by atoms with Crippen LogP contribution in [0.2, 0.25) is 0 Å². The van der Waals surface area contributed by atoms with Gasteiger partial charge in [-0.15, -0.1) is 0 Å². The third kappa shape index (κ3) is 4.38. The molecule has 2 aromatic heterocycles. The first-order chi connectivity index (χ1) is 23.7. The van der Waals surface area contributed by atoms with Gasteiger partial charge in [0.1, 0.15) is 0 Å². The summed E-state index contributed by atoms with van der Waals surface area (Å²) in [4.78, 5) is 27.2. The maximum Gasteiger partial charge on any atom is 0.193 e. The number of ketones is 2. The average Bonchev–Trinajstić information content (AvgIpc) is 3.65. The number of hydrogen-bond acceptors (Lipinski definition) is 2. The number of aromatic nitrogens is 2. The summed E-state index contributed by atoms with van der Waals surface area (Å²) in [5.41, 5.74) is 8.69. The maximum atomic E-state index is 13.6. The van der Waals surface area contributed by atoms with E-state index in [1.54, 1.807) is 0 Å². The molecular formula is C44H30N2O2. The van der Waals surface area contributed by atoms with Crippen molar-refractivity contribution in [2.24, 2.45) is 0 Å². The van der Waals surface area contributed by atoms with Crippen LogP contribution < -0.4 is 0 Å². The standard InChI is InChI=1S/C44H28N2O2.H2/c47-43(29-13-5-1-6-14-29)31-21-23-35-37-27-42-38(28-41(37)45(39(35)25-31)33-17-9-3-10-18-33)36-24-22-32(44(48)30-15-7-2-8-16-30)26-40(36)46(42)34-19-11-4-12-20-34;/h1-28H;1H. The van der Waals surface area contributed by atoms with Crippen molar-refractivity contribution >= 4 is 55.2 Å². The molecule has 0 amide bonds. The van der Waals surface area contributed by atoms with Crippen molar-refractivity contribution in [3.8, 4) is 11.4 Å². The Kier molecular flexibility index (Phi) is 6.41. The predicted molar refractivity (Wildman–Crippen MR) is 197 cm³/mol. The van der Waals surface area contributed by atoms with Gasteiger partial charge in [-0.05, 0) is 48.5 Å². The molecule has 0 aliphatic rings. The van der Waals surface area contributed by atoms with Gasteiger partial charge in [-0.25, -0.2) is 0 Å². The fraction of sp³-hybridized carbons (Fsp3) is 0. The number of nitrogens with zero attached hydrogens (tertiary/aromatic N) is 2. The summed E-state index contributed by atoms with van der Waals surface area (Å²) >= 11 is 0. The molecule has 228 valence electrons. The Labute approximate surface area is 278 Å². The van der Waals surface area contributed by atoms with Crippen molar-refractivity contribution in [3.63, 3.8) is 0 Å². The summed E-state index contributed by atoms with van der Waals surface area (Å²) in [6.07, 6.45) is 0. The van der Waals surface area contributed by atoms with Crippen LogP contribution in [0.1, 0.15) is 33.3 Å². The van der Waals surface area contributed by atoms with Crippen LogP contribution in [0.4, 0.5) is 0 Å². The molecule has 0 radical (unpaired) electrons. The van der Waals surface area contributed by atoms with Crippen LogP contribution in [0.3, 0.4) is 0 Å². The summed E-state index contributed by atoms with van der Waals surface area (Å²) in [5, 5.41) is 4.29. The number of carbonyl (C=O) groups excluding carboxylic acids is 2. The van der Waals surface area contributed by atoms with E-state index in [9.17, 15) is 9.59 Å². The van der Waals surface area contributed by atoms with Crippen molar-refractivity contribution in [3.05, 3.63) is 192 Å². The van der Waals surface area contributed by atoms with Crippen molar-refractivity contribution in [2.45, 2.75) is 0 Å². The molecule has 9 aromatic rings. The van der Waals surface area contributed by atoms with Gasteiger partial charge in [0, 0.05) is 56.6 Å². The first-order valence-corrected chi connectivity index (χ1v) is 16.0. The van der Waals surface area contributed by atoms with E-state index in [1.807, 2.05) is 121 Å². The first kappa shape index (κ1) is 27.8. The van der Waals surface area contributed by atoms with Gasteiger partial charge < -0.3 is 9.13 Å². The molecule has 9 rings (SSSR count). The topological polar surface area (TPSA) is 44.0 Å². The van der Waals surface area contributed by atoms with Gasteiger partial charge in [0.2, 0.25) is 0 Å². The average molecular weight is 619 g/mol. The van der Waals surface area contributed by atoms with Crippen molar-refractivity contribution < 1.29 is 11.0 Å². The van der Waals surface area contributed by atoms with Gasteiger partial charge in [0.25, 0.3) is 0 Å². The van der Waals surface area contributed by atoms with Crippen molar-refractivity contribution in [2.75, 3.05) is 0 Å². The SMILES string of the molecule is O=C(c1ccccc1)c1ccc2c3cc4c(cc3n(-c3ccccc3)c2c1)c1ccc(C(=O)c2ccccc2)cc1n4-c1ccccc1.[HH]. The first-order valence-electron chi connectivity index (χ1n) is 16.0. The van der Waals surface area contributed by atoms with E-state index in [1.165, 1.54) is 0 Å². The van der Waals surface area contributed by atoms with Crippen LogP contribution in [0.15, 0.2) is 170 Å². The molecule has 0 spiro atoms. The van der Waals surface area contributed by atoms with Gasteiger partial charge in [-0.2, -0.15) is 0 Å². The number of hydrogen-bond donors (Lipinski definition) is 0. The minimum Gasteiger partial charge on any atom is -0.309 e. The second-order valence-electron chi connectivity index (χ2n) is 12.1. The minimum atomic E-state index is -0.00473. The molecule has 0 atom stereocenters. The molecule has 0 fully saturated rings. The Bertz CT molecular complexity index is 2490. The fourth-order valence-corrected chi connectivity index (χ4v) is 7.03. The van der Waals surface area contributed by atoms with Crippen LogP contribution in [0, 0.1) is 0 Å². The predicted octanol–water partition coefficient (Wildman–Crippen LogP) is 10.6. The Morgan fingerprint density at radius 3 is 1.04 bits per heavy atom. The van der Waals surface area contributed by atoms with E-state index >= 15 is 0 Å². The molecule has 0 N–H and O–H groups in total. The molecule has 0 saturated carbocycles. The molecule has 48 heavy (non-hydrogen) atoms. The lowest BCUT2D eigenvalue weighted by molar-refractivity contribution is 0.103. The molecule has 0 bridgehead atoms. The smallest absolute Gasteiger partial charge is 0.193 e. The van der Waals surface area contributed by atoms with Gasteiger partial charge in [-0.3, -0.25) is 9.59 Å². The highest BCUT2D eigenvalue weighted by Crippen LogP contribution is 2.40. The van der Waals surface area contributed by atoms with Crippen LogP contribution in [-0.4, -0.2) is 20.7 Å². The molecule has 4 nitrogen and oxygen atoms in total. The van der Waals surface area contributed by atoms with Gasteiger partial charge in [0.05, 0.1) is 22.1 Å². The van der Waals surface area contributed by atoms with Gasteiger partial charge in [0.15, 0.2) is 11.6 Å². The van der Waals surface area contributed by atoms with Gasteiger partial charge >= 0.3 is 0 Å². The Morgan fingerprint density at radius 2 is 0.667 bits per heavy atom. The molecule has 2 heterocycles. The molecule has 7 aromatic carbocycles. The molecule has 4 heteroatoms. The molecule has 0 aliphatic heterocycles. The molecule has 0 aliphatic carbocycles. The quantitative estimate of drug-likeness (QED) is 0.174. The molecule has 0 saturated heterocycles. The lowest BCUT2D eigenvalue weighted by atomic mass is 10.0. The lowest BCUT2D eigenvalue weighted by Gasteiger charge is -2.09. The summed E-state index contributed by atoms with van der Waals surface area (Å²) in [5.74, 6) is -0.00945. The van der Waals surface area contributed by atoms with E-state index in [0.29, 0.717) is 22.3 Å². The molecular weight excluding hydrogens is 588 g/mol. The summed E-state index contributed by atoms with van der Waals surface area (Å²) < 4.78 is 4.51. The van der Waals surface area contributed by atoms with E-state index < -0.39 is 0 Å². The monoisotopic (exact) mass is 618 g/mol. The Balaban J connectivity index is 0.00000348. The largest absolute Gasteiger partial charge is 0.309 e. The van der Waals surface area contributed by atoms with Crippen LogP contribution in [0.5, 0.6) is 0 Å². The zero-order chi connectivity index (χ0) is 32.2. The number of carbonyl (C=O) groups is 2. The lowest BCUT2D eigenvalue weighted by Crippen LogP contribution is -2.01. The molecule has 0 unspecified atom stereocenters. The summed E-state index contributed by atoms with van der Waals surface area (Å²) in [6.45, 7) is 0. The van der Waals surface area contributed by atoms with E-state index in [2.05, 4.69) is 57.7 Å². The zero-order valence-corrected chi connectivity index (χ0v) is 25.9. The third-order valence-corrected chi connectivity index (χ3v) is 9.28. The van der Waals surface area contributed by atoms with Gasteiger partial charge in [-0.1, -0.05) is 121 Å². The van der Waals surface area contributed by atoms with Crippen LogP contribution in [0.25, 0.3) is 55.0 Å². The van der Waals surface area contributed by atoms with Crippen molar-refractivity contribution in [1.82, 2.24) is 9.13 Å². The normalized spacial score (nSPS) is 11.5. The number of fused-ring (bicyclic) bond motifs is 6. The fourth-order valence-electron chi connectivity index (χ4n) is 7.03.